The third-order valence-corrected chi connectivity index (χ3v) is 8.77. The zero-order chi connectivity index (χ0) is 28.2. The molecular weight excluding hydrogens is 536 g/mol. The molecule has 2 N–H and O–H groups in total. The van der Waals surface area contributed by atoms with Crippen LogP contribution in [0.2, 0.25) is 0 Å². The van der Waals surface area contributed by atoms with Gasteiger partial charge in [-0.2, -0.15) is 5.21 Å². The van der Waals surface area contributed by atoms with E-state index in [9.17, 15) is 14.7 Å². The molecule has 0 amide bonds. The Morgan fingerprint density at radius 3 is 2.56 bits per heavy atom. The van der Waals surface area contributed by atoms with Gasteiger partial charge in [0.1, 0.15) is 11.5 Å². The normalized spacial score (nSPS) is 12.6. The molecule has 0 saturated carbocycles. The molecule has 2 atom stereocenters. The number of phenols is 1. The summed E-state index contributed by atoms with van der Waals surface area (Å²) in [4.78, 5) is 25.1. The number of nitrogens with one attached hydrogen (secondary N) is 1. The zero-order valence-electron chi connectivity index (χ0n) is 22.8. The van der Waals surface area contributed by atoms with Crippen molar-refractivity contribution < 1.29 is 24.2 Å². The molecule has 0 aliphatic rings. The summed E-state index contributed by atoms with van der Waals surface area (Å²) < 4.78 is 10.9. The summed E-state index contributed by atoms with van der Waals surface area (Å²) in [7, 11) is 1.41. The molecular formula is C28H36N4O5S2. The number of tetrazole rings is 1. The fraction of sp³-hybridized carbons (Fsp3) is 0.464. The maximum Gasteiger partial charge on any atom is 0.309 e. The Morgan fingerprint density at radius 1 is 1.15 bits per heavy atom. The van der Waals surface area contributed by atoms with Crippen LogP contribution in [0.5, 0.6) is 11.5 Å². The molecule has 1 aromatic heterocycles. The standard InChI is InChI=1S/C28H36N4O5S2/c1-5-7-23-24(13-12-22(19(3)33)27(23)34)37-14-6-15-38-21-10-8-20(9-11-21)16-25(18(2)28(35)36-4)39-17-26-29-31-32-30-26/h8-13,18,25,34H,5-7,14-17H2,1-4H3,(H,29,30,31,32). The largest absolute Gasteiger partial charge is 0.507 e. The van der Waals surface area contributed by atoms with Gasteiger partial charge in [0.2, 0.25) is 0 Å². The van der Waals surface area contributed by atoms with E-state index in [1.807, 2.05) is 13.8 Å². The van der Waals surface area contributed by atoms with Crippen molar-refractivity contribution >= 4 is 35.3 Å². The fourth-order valence-electron chi connectivity index (χ4n) is 4.06. The molecule has 11 heteroatoms. The first-order valence-electron chi connectivity index (χ1n) is 13.0. The summed E-state index contributed by atoms with van der Waals surface area (Å²) in [6, 6.07) is 11.8. The van der Waals surface area contributed by atoms with Gasteiger partial charge in [-0.3, -0.25) is 9.59 Å². The topological polar surface area (TPSA) is 127 Å². The fourth-order valence-corrected chi connectivity index (χ4v) is 6.08. The van der Waals surface area contributed by atoms with Crippen molar-refractivity contribution in [2.75, 3.05) is 19.5 Å². The molecule has 210 valence electrons. The Labute approximate surface area is 237 Å². The second kappa shape index (κ2) is 15.5. The molecule has 2 aromatic carbocycles. The molecule has 0 saturated heterocycles. The molecule has 2 unspecified atom stereocenters. The van der Waals surface area contributed by atoms with E-state index >= 15 is 0 Å². The lowest BCUT2D eigenvalue weighted by Gasteiger charge is -2.21. The minimum Gasteiger partial charge on any atom is -0.507 e. The monoisotopic (exact) mass is 572 g/mol. The molecule has 1 heterocycles. The Hall–Kier alpha value is -3.05. The Bertz CT molecular complexity index is 1210. The first-order valence-corrected chi connectivity index (χ1v) is 15.0. The van der Waals surface area contributed by atoms with Gasteiger partial charge in [0.15, 0.2) is 11.6 Å². The van der Waals surface area contributed by atoms with Crippen molar-refractivity contribution in [1.29, 1.82) is 0 Å². The lowest BCUT2D eigenvalue weighted by atomic mass is 10.0. The highest BCUT2D eigenvalue weighted by Gasteiger charge is 2.26. The van der Waals surface area contributed by atoms with Crippen LogP contribution < -0.4 is 4.74 Å². The van der Waals surface area contributed by atoms with E-state index in [1.165, 1.54) is 14.0 Å². The first kappa shape index (κ1) is 30.5. The molecule has 0 spiro atoms. The van der Waals surface area contributed by atoms with Gasteiger partial charge in [0.25, 0.3) is 0 Å². The van der Waals surface area contributed by atoms with Crippen molar-refractivity contribution in [1.82, 2.24) is 20.6 Å². The van der Waals surface area contributed by atoms with Crippen LogP contribution in [-0.2, 0) is 28.1 Å². The number of methoxy groups -OCH3 is 1. The van der Waals surface area contributed by atoms with E-state index in [2.05, 4.69) is 44.9 Å². The average molecular weight is 573 g/mol. The zero-order valence-corrected chi connectivity index (χ0v) is 24.4. The van der Waals surface area contributed by atoms with Crippen LogP contribution in [0.1, 0.15) is 60.9 Å². The van der Waals surface area contributed by atoms with E-state index in [1.54, 1.807) is 35.7 Å². The maximum absolute atomic E-state index is 12.2. The number of esters is 1. The number of aromatic amines is 1. The summed E-state index contributed by atoms with van der Waals surface area (Å²) in [5, 5.41) is 24.6. The minimum atomic E-state index is -0.278. The van der Waals surface area contributed by atoms with Gasteiger partial charge < -0.3 is 14.6 Å². The summed E-state index contributed by atoms with van der Waals surface area (Å²) in [5.41, 5.74) is 2.17. The van der Waals surface area contributed by atoms with Crippen molar-refractivity contribution in [2.45, 2.75) is 62.4 Å². The van der Waals surface area contributed by atoms with Crippen LogP contribution >= 0.6 is 23.5 Å². The van der Waals surface area contributed by atoms with Gasteiger partial charge in [-0.25, -0.2) is 0 Å². The van der Waals surface area contributed by atoms with Gasteiger partial charge in [0, 0.05) is 21.5 Å². The molecule has 0 fully saturated rings. The number of aromatic nitrogens is 4. The maximum atomic E-state index is 12.2. The van der Waals surface area contributed by atoms with Gasteiger partial charge in [-0.15, -0.1) is 33.7 Å². The lowest BCUT2D eigenvalue weighted by Crippen LogP contribution is -2.26. The molecule has 0 aliphatic heterocycles. The molecule has 0 aliphatic carbocycles. The second-order valence-corrected chi connectivity index (χ2v) is 11.5. The van der Waals surface area contributed by atoms with E-state index in [0.29, 0.717) is 47.9 Å². The number of benzene rings is 2. The first-order chi connectivity index (χ1) is 18.8. The third-order valence-electron chi connectivity index (χ3n) is 6.24. The van der Waals surface area contributed by atoms with Crippen LogP contribution in [0.4, 0.5) is 0 Å². The second-order valence-electron chi connectivity index (χ2n) is 9.13. The van der Waals surface area contributed by atoms with Crippen molar-refractivity contribution in [3.8, 4) is 11.5 Å². The number of carbonyl (C=O) groups is 2. The summed E-state index contributed by atoms with van der Waals surface area (Å²) in [6.07, 6.45) is 3.04. The van der Waals surface area contributed by atoms with Crippen LogP contribution in [0.3, 0.4) is 0 Å². The van der Waals surface area contributed by atoms with E-state index in [-0.39, 0.29) is 28.7 Å². The Morgan fingerprint density at radius 2 is 1.92 bits per heavy atom. The van der Waals surface area contributed by atoms with Gasteiger partial charge in [-0.1, -0.05) is 37.6 Å². The predicted octanol–water partition coefficient (Wildman–Crippen LogP) is 5.28. The van der Waals surface area contributed by atoms with Crippen LogP contribution in [0.25, 0.3) is 0 Å². The minimum absolute atomic E-state index is 0.00755. The number of nitrogens with zero attached hydrogens (tertiary/aromatic N) is 3. The van der Waals surface area contributed by atoms with Crippen molar-refractivity contribution in [3.05, 3.63) is 58.9 Å². The number of carbonyl (C=O) groups excluding carboxylic acids is 2. The highest BCUT2D eigenvalue weighted by molar-refractivity contribution is 7.99. The number of thioether (sulfide) groups is 2. The van der Waals surface area contributed by atoms with E-state index in [4.69, 9.17) is 9.47 Å². The van der Waals surface area contributed by atoms with Crippen LogP contribution in [0.15, 0.2) is 41.3 Å². The van der Waals surface area contributed by atoms with Crippen molar-refractivity contribution in [3.63, 3.8) is 0 Å². The number of ether oxygens (including phenoxy) is 2. The third kappa shape index (κ3) is 8.99. The average Bonchev–Trinajstić information content (AvgIpc) is 3.46. The van der Waals surface area contributed by atoms with Gasteiger partial charge in [0.05, 0.1) is 31.0 Å². The number of ketones is 1. The van der Waals surface area contributed by atoms with Crippen molar-refractivity contribution in [2.24, 2.45) is 5.92 Å². The van der Waals surface area contributed by atoms with Gasteiger partial charge in [-0.05, 0) is 56.0 Å². The van der Waals surface area contributed by atoms with Crippen LogP contribution in [0, 0.1) is 5.92 Å². The highest BCUT2D eigenvalue weighted by atomic mass is 32.2. The van der Waals surface area contributed by atoms with E-state index in [0.717, 1.165) is 29.1 Å². The smallest absolute Gasteiger partial charge is 0.309 e. The number of hydrogen-bond donors (Lipinski definition) is 2. The molecule has 39 heavy (non-hydrogen) atoms. The number of phenolic OH excluding ortho intramolecular Hbond substituents is 1. The quantitative estimate of drug-likeness (QED) is 0.101. The number of aromatic hydroxyl groups is 1. The lowest BCUT2D eigenvalue weighted by molar-refractivity contribution is -0.144. The molecule has 0 radical (unpaired) electrons. The van der Waals surface area contributed by atoms with Gasteiger partial charge >= 0.3 is 5.97 Å². The highest BCUT2D eigenvalue weighted by Crippen LogP contribution is 2.33. The van der Waals surface area contributed by atoms with E-state index < -0.39 is 0 Å². The summed E-state index contributed by atoms with van der Waals surface area (Å²) in [6.45, 7) is 5.88. The number of Topliss-reactive ketones (excluding diaryl/α,β-unsaturated/α-hetero) is 1. The summed E-state index contributed by atoms with van der Waals surface area (Å²) in [5.74, 6) is 2.04. The Balaban J connectivity index is 1.50. The number of rotatable bonds is 16. The molecule has 0 bridgehead atoms. The predicted molar refractivity (Wildman–Crippen MR) is 154 cm³/mol. The molecule has 3 rings (SSSR count). The Kier molecular flexibility index (Phi) is 12.1. The van der Waals surface area contributed by atoms with Crippen LogP contribution in [-0.4, -0.2) is 62.2 Å². The number of hydrogen-bond acceptors (Lipinski definition) is 10. The molecule has 3 aromatic rings. The summed E-state index contributed by atoms with van der Waals surface area (Å²) >= 11 is 3.37. The number of H-pyrrole nitrogens is 1. The molecule has 9 nitrogen and oxygen atoms in total. The SMILES string of the molecule is CCCc1c(OCCCSc2ccc(CC(SCc3nn[nH]n3)C(C)C(=O)OC)cc2)ccc(C(C)=O)c1O.